The van der Waals surface area contributed by atoms with Crippen molar-refractivity contribution in [2.45, 2.75) is 32.1 Å². The molecule has 0 aromatic rings. The third kappa shape index (κ3) is 6.17. The van der Waals surface area contributed by atoms with Crippen LogP contribution in [-0.4, -0.2) is 84.3 Å². The Bertz CT molecular complexity index is 492. The van der Waals surface area contributed by atoms with E-state index in [1.807, 2.05) is 0 Å². The molecule has 0 aromatic carbocycles. The fourth-order valence-corrected chi connectivity index (χ4v) is 2.60. The molecule has 136 valence electrons. The number of rotatable bonds is 7. The summed E-state index contributed by atoms with van der Waals surface area (Å²) in [7, 11) is 4.88. The first-order chi connectivity index (χ1) is 11.2. The van der Waals surface area contributed by atoms with Gasteiger partial charge in [0.2, 0.25) is 17.7 Å². The van der Waals surface area contributed by atoms with E-state index in [2.05, 4.69) is 0 Å². The van der Waals surface area contributed by atoms with Gasteiger partial charge in [-0.05, 0) is 19.3 Å². The van der Waals surface area contributed by atoms with E-state index in [9.17, 15) is 19.2 Å². The number of likely N-dealkylation sites (tertiary alicyclic amines) is 1. The second-order valence-corrected chi connectivity index (χ2v) is 6.41. The van der Waals surface area contributed by atoms with E-state index in [0.717, 1.165) is 0 Å². The van der Waals surface area contributed by atoms with Crippen molar-refractivity contribution in [2.75, 3.05) is 40.8 Å². The summed E-state index contributed by atoms with van der Waals surface area (Å²) in [5, 5.41) is 9.06. The number of hydrogen-bond donors (Lipinski definition) is 1. The molecule has 1 aliphatic heterocycles. The van der Waals surface area contributed by atoms with Crippen LogP contribution in [0.5, 0.6) is 0 Å². The minimum Gasteiger partial charge on any atom is -0.481 e. The van der Waals surface area contributed by atoms with Crippen LogP contribution in [0.3, 0.4) is 0 Å². The molecule has 3 amide bonds. The monoisotopic (exact) mass is 341 g/mol. The van der Waals surface area contributed by atoms with Crippen molar-refractivity contribution >= 4 is 23.7 Å². The lowest BCUT2D eigenvalue weighted by Gasteiger charge is -2.32. The van der Waals surface area contributed by atoms with Crippen LogP contribution in [0, 0.1) is 5.92 Å². The Balaban J connectivity index is 2.38. The average molecular weight is 341 g/mol. The molecular formula is C16H27N3O5. The zero-order chi connectivity index (χ0) is 18.3. The van der Waals surface area contributed by atoms with Crippen LogP contribution in [0.4, 0.5) is 0 Å². The summed E-state index contributed by atoms with van der Waals surface area (Å²) in [4.78, 5) is 51.1. The number of carboxylic acids is 1. The molecule has 1 unspecified atom stereocenters. The quantitative estimate of drug-likeness (QED) is 0.704. The molecular weight excluding hydrogens is 314 g/mol. The SMILES string of the molecule is CN(C)C(=O)CCCC(=O)N(C)CC(=O)N1CCCC(C(=O)O)C1. The largest absolute Gasteiger partial charge is 0.481 e. The molecule has 1 rings (SSSR count). The van der Waals surface area contributed by atoms with E-state index in [1.54, 1.807) is 21.1 Å². The molecule has 0 saturated carbocycles. The number of amides is 3. The molecule has 0 spiro atoms. The Morgan fingerprint density at radius 3 is 2.29 bits per heavy atom. The zero-order valence-electron chi connectivity index (χ0n) is 14.7. The molecule has 8 nitrogen and oxygen atoms in total. The Morgan fingerprint density at radius 1 is 1.08 bits per heavy atom. The van der Waals surface area contributed by atoms with E-state index >= 15 is 0 Å². The van der Waals surface area contributed by atoms with E-state index in [-0.39, 0.29) is 37.2 Å². The number of carbonyl (C=O) groups excluding carboxylic acids is 3. The van der Waals surface area contributed by atoms with Crippen molar-refractivity contribution in [3.8, 4) is 0 Å². The van der Waals surface area contributed by atoms with Crippen LogP contribution in [0.25, 0.3) is 0 Å². The summed E-state index contributed by atoms with van der Waals surface area (Å²) in [6.07, 6.45) is 2.19. The second-order valence-electron chi connectivity index (χ2n) is 6.41. The van der Waals surface area contributed by atoms with Gasteiger partial charge in [-0.15, -0.1) is 0 Å². The first-order valence-corrected chi connectivity index (χ1v) is 8.17. The van der Waals surface area contributed by atoms with Gasteiger partial charge in [-0.2, -0.15) is 0 Å². The third-order valence-corrected chi connectivity index (χ3v) is 4.20. The molecule has 1 heterocycles. The van der Waals surface area contributed by atoms with Gasteiger partial charge >= 0.3 is 5.97 Å². The highest BCUT2D eigenvalue weighted by molar-refractivity contribution is 5.85. The molecule has 1 fully saturated rings. The Morgan fingerprint density at radius 2 is 1.71 bits per heavy atom. The van der Waals surface area contributed by atoms with E-state index in [1.165, 1.54) is 14.7 Å². The number of aliphatic carboxylic acids is 1. The minimum atomic E-state index is -0.887. The first kappa shape index (κ1) is 19.9. The van der Waals surface area contributed by atoms with E-state index < -0.39 is 11.9 Å². The minimum absolute atomic E-state index is 0.0328. The van der Waals surface area contributed by atoms with Gasteiger partial charge in [-0.25, -0.2) is 0 Å². The number of piperidine rings is 1. The van der Waals surface area contributed by atoms with Crippen molar-refractivity contribution in [2.24, 2.45) is 5.92 Å². The number of likely N-dealkylation sites (N-methyl/N-ethyl adjacent to an activating group) is 1. The van der Waals surface area contributed by atoms with E-state index in [4.69, 9.17) is 5.11 Å². The van der Waals surface area contributed by atoms with Crippen LogP contribution < -0.4 is 0 Å². The van der Waals surface area contributed by atoms with Gasteiger partial charge in [0, 0.05) is 47.1 Å². The highest BCUT2D eigenvalue weighted by atomic mass is 16.4. The molecule has 8 heteroatoms. The summed E-state index contributed by atoms with van der Waals surface area (Å²) < 4.78 is 0. The van der Waals surface area contributed by atoms with Gasteiger partial charge in [-0.1, -0.05) is 0 Å². The van der Waals surface area contributed by atoms with Gasteiger partial charge in [0.1, 0.15) is 0 Å². The lowest BCUT2D eigenvalue weighted by atomic mass is 9.98. The Labute approximate surface area is 142 Å². The Kier molecular flexibility index (Phi) is 7.67. The summed E-state index contributed by atoms with van der Waals surface area (Å²) in [5.74, 6) is -1.87. The topological polar surface area (TPSA) is 98.2 Å². The average Bonchev–Trinajstić information content (AvgIpc) is 2.54. The van der Waals surface area contributed by atoms with E-state index in [0.29, 0.717) is 32.2 Å². The van der Waals surface area contributed by atoms with Crippen molar-refractivity contribution in [1.82, 2.24) is 14.7 Å². The zero-order valence-corrected chi connectivity index (χ0v) is 14.7. The Hall–Kier alpha value is -2.12. The highest BCUT2D eigenvalue weighted by Gasteiger charge is 2.28. The van der Waals surface area contributed by atoms with Gasteiger partial charge < -0.3 is 19.8 Å². The van der Waals surface area contributed by atoms with Crippen molar-refractivity contribution in [3.63, 3.8) is 0 Å². The predicted molar refractivity (Wildman–Crippen MR) is 87.1 cm³/mol. The molecule has 1 atom stereocenters. The predicted octanol–water partition coefficient (Wildman–Crippen LogP) is 0.0265. The normalized spacial score (nSPS) is 17.3. The maximum absolute atomic E-state index is 12.2. The summed E-state index contributed by atoms with van der Waals surface area (Å²) in [6.45, 7) is 0.669. The molecule has 1 aliphatic rings. The van der Waals surface area contributed by atoms with Crippen molar-refractivity contribution in [1.29, 1.82) is 0 Å². The van der Waals surface area contributed by atoms with Gasteiger partial charge in [0.15, 0.2) is 0 Å². The molecule has 1 N–H and O–H groups in total. The third-order valence-electron chi connectivity index (χ3n) is 4.20. The smallest absolute Gasteiger partial charge is 0.308 e. The van der Waals surface area contributed by atoms with Crippen LogP contribution in [0.2, 0.25) is 0 Å². The van der Waals surface area contributed by atoms with Crippen LogP contribution in [-0.2, 0) is 19.2 Å². The number of nitrogens with zero attached hydrogens (tertiary/aromatic N) is 3. The molecule has 0 aromatic heterocycles. The highest BCUT2D eigenvalue weighted by Crippen LogP contribution is 2.17. The second kappa shape index (κ2) is 9.24. The van der Waals surface area contributed by atoms with Crippen molar-refractivity contribution in [3.05, 3.63) is 0 Å². The fraction of sp³-hybridized carbons (Fsp3) is 0.750. The van der Waals surface area contributed by atoms with Crippen LogP contribution >= 0.6 is 0 Å². The molecule has 24 heavy (non-hydrogen) atoms. The molecule has 1 saturated heterocycles. The van der Waals surface area contributed by atoms with Gasteiger partial charge in [-0.3, -0.25) is 19.2 Å². The summed E-state index contributed by atoms with van der Waals surface area (Å²) >= 11 is 0. The number of carboxylic acid groups (broad SMARTS) is 1. The van der Waals surface area contributed by atoms with Gasteiger partial charge in [0.25, 0.3) is 0 Å². The first-order valence-electron chi connectivity index (χ1n) is 8.17. The maximum Gasteiger partial charge on any atom is 0.308 e. The summed E-state index contributed by atoms with van der Waals surface area (Å²) in [6, 6.07) is 0. The van der Waals surface area contributed by atoms with Crippen LogP contribution in [0.1, 0.15) is 32.1 Å². The lowest BCUT2D eigenvalue weighted by Crippen LogP contribution is -2.46. The molecule has 0 bridgehead atoms. The van der Waals surface area contributed by atoms with Crippen molar-refractivity contribution < 1.29 is 24.3 Å². The van der Waals surface area contributed by atoms with Gasteiger partial charge in [0.05, 0.1) is 12.5 Å². The number of carbonyl (C=O) groups is 4. The summed E-state index contributed by atoms with van der Waals surface area (Å²) in [5.41, 5.74) is 0. The standard InChI is InChI=1S/C16H27N3O5/c1-17(2)13(20)7-4-8-14(21)18(3)11-15(22)19-9-5-6-12(10-19)16(23)24/h12H,4-11H2,1-3H3,(H,23,24). The number of hydrogen-bond acceptors (Lipinski definition) is 4. The molecule has 0 aliphatic carbocycles. The fourth-order valence-electron chi connectivity index (χ4n) is 2.60. The maximum atomic E-state index is 12.2. The van der Waals surface area contributed by atoms with Crippen LogP contribution in [0.15, 0.2) is 0 Å². The lowest BCUT2D eigenvalue weighted by molar-refractivity contribution is -0.147. The molecule has 0 radical (unpaired) electrons.